The second-order valence-corrected chi connectivity index (χ2v) is 5.92. The largest absolute Gasteiger partial charge is 0.461 e. The average Bonchev–Trinajstić information content (AvgIpc) is 2.49. The zero-order chi connectivity index (χ0) is 15.7. The minimum Gasteiger partial charge on any atom is -0.461 e. The Morgan fingerprint density at radius 1 is 1.23 bits per heavy atom. The van der Waals surface area contributed by atoms with Crippen molar-refractivity contribution in [3.8, 4) is 0 Å². The Labute approximate surface area is 129 Å². The molecule has 3 rings (SSSR count). The van der Waals surface area contributed by atoms with Gasteiger partial charge in [-0.2, -0.15) is 0 Å². The van der Waals surface area contributed by atoms with Crippen molar-refractivity contribution in [1.29, 1.82) is 0 Å². The number of nitrogens with two attached hydrogens (primary N) is 1. The zero-order valence-electron chi connectivity index (χ0n) is 12.9. The lowest BCUT2D eigenvalue weighted by molar-refractivity contribution is -0.144. The normalized spacial score (nSPS) is 19.4. The summed E-state index contributed by atoms with van der Waals surface area (Å²) < 4.78 is 5.37. The van der Waals surface area contributed by atoms with E-state index in [9.17, 15) is 4.79 Å². The van der Waals surface area contributed by atoms with Crippen LogP contribution in [0.3, 0.4) is 0 Å². The zero-order valence-corrected chi connectivity index (χ0v) is 12.9. The molecule has 1 unspecified atom stereocenters. The molecule has 4 N–H and O–H groups in total. The van der Waals surface area contributed by atoms with Crippen LogP contribution in [0.15, 0.2) is 30.3 Å². The Balaban J connectivity index is 1.88. The van der Waals surface area contributed by atoms with E-state index >= 15 is 0 Å². The van der Waals surface area contributed by atoms with Gasteiger partial charge in [0.05, 0.1) is 0 Å². The fourth-order valence-corrected chi connectivity index (χ4v) is 2.84. The molecule has 1 aliphatic heterocycles. The SMILES string of the molecule is CCCC(=O)OCC1(C)Nc2cccc3c(N)ccc(c23)N1. The third-order valence-corrected chi connectivity index (χ3v) is 3.87. The number of benzene rings is 2. The number of carbonyl (C=O) groups excluding carboxylic acids is 1. The number of nitrogens with one attached hydrogen (secondary N) is 2. The Morgan fingerprint density at radius 2 is 1.95 bits per heavy atom. The molecular formula is C17H21N3O2. The summed E-state index contributed by atoms with van der Waals surface area (Å²) in [5.74, 6) is -0.173. The van der Waals surface area contributed by atoms with Crippen molar-refractivity contribution in [1.82, 2.24) is 0 Å². The molecule has 2 aromatic carbocycles. The molecule has 0 fully saturated rings. The van der Waals surface area contributed by atoms with Crippen LogP contribution < -0.4 is 16.4 Å². The van der Waals surface area contributed by atoms with Crippen molar-refractivity contribution >= 4 is 33.8 Å². The number of ether oxygens (including phenoxy) is 1. The average molecular weight is 299 g/mol. The highest BCUT2D eigenvalue weighted by Crippen LogP contribution is 2.39. The van der Waals surface area contributed by atoms with Gasteiger partial charge in [0.15, 0.2) is 0 Å². The summed E-state index contributed by atoms with van der Waals surface area (Å²) in [6.07, 6.45) is 1.23. The van der Waals surface area contributed by atoms with Crippen LogP contribution in [0.1, 0.15) is 26.7 Å². The van der Waals surface area contributed by atoms with Crippen LogP contribution >= 0.6 is 0 Å². The first kappa shape index (κ1) is 14.5. The van der Waals surface area contributed by atoms with Gasteiger partial charge < -0.3 is 21.1 Å². The first-order valence-corrected chi connectivity index (χ1v) is 7.55. The van der Waals surface area contributed by atoms with Crippen molar-refractivity contribution in [3.63, 3.8) is 0 Å². The van der Waals surface area contributed by atoms with Crippen LogP contribution in [0.25, 0.3) is 10.8 Å². The molecule has 1 atom stereocenters. The maximum absolute atomic E-state index is 11.6. The number of carbonyl (C=O) groups is 1. The molecule has 1 heterocycles. The van der Waals surface area contributed by atoms with Gasteiger partial charge in [0.1, 0.15) is 12.3 Å². The summed E-state index contributed by atoms with van der Waals surface area (Å²) in [5.41, 5.74) is 8.24. The van der Waals surface area contributed by atoms with Crippen molar-refractivity contribution in [2.24, 2.45) is 0 Å². The summed E-state index contributed by atoms with van der Waals surface area (Å²) >= 11 is 0. The molecule has 0 amide bonds. The molecule has 5 heteroatoms. The monoisotopic (exact) mass is 299 g/mol. The summed E-state index contributed by atoms with van der Waals surface area (Å²) in [4.78, 5) is 11.6. The summed E-state index contributed by atoms with van der Waals surface area (Å²) in [5, 5.41) is 8.92. The van der Waals surface area contributed by atoms with Gasteiger partial charge in [-0.25, -0.2) is 0 Å². The van der Waals surface area contributed by atoms with Gasteiger partial charge in [0.2, 0.25) is 0 Å². The van der Waals surface area contributed by atoms with Crippen LogP contribution in [0, 0.1) is 0 Å². The molecule has 0 bridgehead atoms. The Hall–Kier alpha value is -2.43. The van der Waals surface area contributed by atoms with E-state index in [1.807, 2.05) is 44.2 Å². The topological polar surface area (TPSA) is 76.4 Å². The number of hydrogen-bond acceptors (Lipinski definition) is 5. The van der Waals surface area contributed by atoms with Crippen molar-refractivity contribution in [2.45, 2.75) is 32.4 Å². The fraction of sp³-hybridized carbons (Fsp3) is 0.353. The molecular weight excluding hydrogens is 278 g/mol. The molecule has 0 aliphatic carbocycles. The number of rotatable bonds is 4. The molecule has 0 spiro atoms. The first-order valence-electron chi connectivity index (χ1n) is 7.55. The minimum atomic E-state index is -0.541. The van der Waals surface area contributed by atoms with Crippen LogP contribution in [0.4, 0.5) is 17.1 Å². The van der Waals surface area contributed by atoms with E-state index in [1.54, 1.807) is 0 Å². The molecule has 1 aliphatic rings. The lowest BCUT2D eigenvalue weighted by Crippen LogP contribution is -2.49. The second-order valence-electron chi connectivity index (χ2n) is 5.92. The first-order chi connectivity index (χ1) is 10.5. The van der Waals surface area contributed by atoms with E-state index in [1.165, 1.54) is 0 Å². The second kappa shape index (κ2) is 5.40. The highest BCUT2D eigenvalue weighted by Gasteiger charge is 2.31. The Bertz CT molecular complexity index is 715. The van der Waals surface area contributed by atoms with Gasteiger partial charge in [0, 0.05) is 34.3 Å². The fourth-order valence-electron chi connectivity index (χ4n) is 2.84. The van der Waals surface area contributed by atoms with E-state index in [4.69, 9.17) is 10.5 Å². The highest BCUT2D eigenvalue weighted by atomic mass is 16.5. The molecule has 0 radical (unpaired) electrons. The molecule has 2 aromatic rings. The maximum atomic E-state index is 11.6. The quantitative estimate of drug-likeness (QED) is 0.596. The van der Waals surface area contributed by atoms with E-state index in [-0.39, 0.29) is 12.6 Å². The van der Waals surface area contributed by atoms with Gasteiger partial charge in [-0.05, 0) is 31.5 Å². The van der Waals surface area contributed by atoms with Gasteiger partial charge in [-0.1, -0.05) is 19.1 Å². The van der Waals surface area contributed by atoms with E-state index in [0.717, 1.165) is 34.3 Å². The summed E-state index contributed by atoms with van der Waals surface area (Å²) in [7, 11) is 0. The Morgan fingerprint density at radius 3 is 2.68 bits per heavy atom. The summed E-state index contributed by atoms with van der Waals surface area (Å²) in [6, 6.07) is 9.85. The van der Waals surface area contributed by atoms with E-state index < -0.39 is 5.66 Å². The minimum absolute atomic E-state index is 0.173. The van der Waals surface area contributed by atoms with Gasteiger partial charge >= 0.3 is 5.97 Å². The van der Waals surface area contributed by atoms with Crippen molar-refractivity contribution in [3.05, 3.63) is 30.3 Å². The van der Waals surface area contributed by atoms with Crippen LogP contribution in [0.5, 0.6) is 0 Å². The Kier molecular flexibility index (Phi) is 3.56. The number of nitrogen functional groups attached to an aromatic ring is 1. The van der Waals surface area contributed by atoms with Crippen LogP contribution in [0.2, 0.25) is 0 Å². The predicted octanol–water partition coefficient (Wildman–Crippen LogP) is 3.32. The van der Waals surface area contributed by atoms with E-state index in [0.29, 0.717) is 6.42 Å². The third kappa shape index (κ3) is 2.54. The molecule has 5 nitrogen and oxygen atoms in total. The van der Waals surface area contributed by atoms with E-state index in [2.05, 4.69) is 10.6 Å². The molecule has 116 valence electrons. The van der Waals surface area contributed by atoms with Crippen LogP contribution in [-0.4, -0.2) is 18.2 Å². The predicted molar refractivity (Wildman–Crippen MR) is 89.9 cm³/mol. The number of esters is 1. The van der Waals surface area contributed by atoms with Gasteiger partial charge in [-0.15, -0.1) is 0 Å². The molecule has 0 saturated carbocycles. The lowest BCUT2D eigenvalue weighted by atomic mass is 9.99. The third-order valence-electron chi connectivity index (χ3n) is 3.87. The van der Waals surface area contributed by atoms with Crippen molar-refractivity contribution < 1.29 is 9.53 Å². The van der Waals surface area contributed by atoms with Gasteiger partial charge in [-0.3, -0.25) is 4.79 Å². The lowest BCUT2D eigenvalue weighted by Gasteiger charge is -2.38. The van der Waals surface area contributed by atoms with Crippen LogP contribution in [-0.2, 0) is 9.53 Å². The highest BCUT2D eigenvalue weighted by molar-refractivity contribution is 6.09. The van der Waals surface area contributed by atoms with Gasteiger partial charge in [0.25, 0.3) is 0 Å². The molecule has 0 aromatic heterocycles. The molecule has 22 heavy (non-hydrogen) atoms. The van der Waals surface area contributed by atoms with Crippen molar-refractivity contribution in [2.75, 3.05) is 23.0 Å². The number of hydrogen-bond donors (Lipinski definition) is 3. The molecule has 0 saturated heterocycles. The maximum Gasteiger partial charge on any atom is 0.305 e. The standard InChI is InChI=1S/C17H21N3O2/c1-3-5-15(21)22-10-17(2)19-13-7-4-6-11-12(18)8-9-14(20-17)16(11)13/h4,6-9,19-20H,3,5,10,18H2,1-2H3. The number of anilines is 3. The smallest absolute Gasteiger partial charge is 0.305 e. The summed E-state index contributed by atoms with van der Waals surface area (Å²) in [6.45, 7) is 4.19.